The lowest BCUT2D eigenvalue weighted by Crippen LogP contribution is -2.27. The summed E-state index contributed by atoms with van der Waals surface area (Å²) in [6, 6.07) is 14.7. The molecule has 0 aromatic heterocycles. The molecule has 32 heavy (non-hydrogen) atoms. The van der Waals surface area contributed by atoms with Crippen molar-refractivity contribution < 1.29 is 23.8 Å². The van der Waals surface area contributed by atoms with Crippen molar-refractivity contribution in [1.82, 2.24) is 9.80 Å². The van der Waals surface area contributed by atoms with E-state index in [1.165, 1.54) is 29.2 Å². The van der Waals surface area contributed by atoms with Crippen LogP contribution in [0.25, 0.3) is 0 Å². The summed E-state index contributed by atoms with van der Waals surface area (Å²) in [5, 5.41) is 10.3. The van der Waals surface area contributed by atoms with Gasteiger partial charge in [-0.2, -0.15) is 0 Å². The Morgan fingerprint density at radius 1 is 0.875 bits per heavy atom. The van der Waals surface area contributed by atoms with E-state index in [1.54, 1.807) is 24.1 Å². The molecule has 0 radical (unpaired) electrons. The molecule has 0 fully saturated rings. The summed E-state index contributed by atoms with van der Waals surface area (Å²) < 4.78 is 19.3. The number of phenolic OH excluding ortho intramolecular Hbond substituents is 1. The SMILES string of the molecule is COc1ccc2c(c1)CN(C(=O)c1cc(C(=O)N3Cc4cccc(F)c4C3)ccc1O)C2. The largest absolute Gasteiger partial charge is 0.507 e. The van der Waals surface area contributed by atoms with Gasteiger partial charge in [0.05, 0.1) is 12.7 Å². The number of amides is 2. The van der Waals surface area contributed by atoms with Crippen LogP contribution >= 0.6 is 0 Å². The first-order valence-corrected chi connectivity index (χ1v) is 10.3. The van der Waals surface area contributed by atoms with Crippen molar-refractivity contribution in [3.8, 4) is 11.5 Å². The van der Waals surface area contributed by atoms with Gasteiger partial charge in [-0.25, -0.2) is 4.39 Å². The number of fused-ring (bicyclic) bond motifs is 2. The Labute approximate surface area is 184 Å². The maximum absolute atomic E-state index is 14.1. The normalized spacial score (nSPS) is 14.3. The third-order valence-electron chi connectivity index (χ3n) is 6.11. The van der Waals surface area contributed by atoms with Crippen molar-refractivity contribution in [2.75, 3.05) is 7.11 Å². The second-order valence-corrected chi connectivity index (χ2v) is 8.07. The lowest BCUT2D eigenvalue weighted by Gasteiger charge is -2.19. The minimum atomic E-state index is -0.358. The number of rotatable bonds is 3. The molecular formula is C25H21FN2O4. The number of ether oxygens (including phenoxy) is 1. The third kappa shape index (κ3) is 3.36. The molecule has 6 nitrogen and oxygen atoms in total. The van der Waals surface area contributed by atoms with E-state index >= 15 is 0 Å². The van der Waals surface area contributed by atoms with Gasteiger partial charge in [-0.05, 0) is 53.1 Å². The third-order valence-corrected chi connectivity index (χ3v) is 6.11. The highest BCUT2D eigenvalue weighted by Crippen LogP contribution is 2.31. The molecule has 1 N–H and O–H groups in total. The summed E-state index contributed by atoms with van der Waals surface area (Å²) in [5.41, 5.74) is 3.64. The van der Waals surface area contributed by atoms with Gasteiger partial charge < -0.3 is 19.6 Å². The number of carbonyl (C=O) groups excluding carboxylic acids is 2. The van der Waals surface area contributed by atoms with Gasteiger partial charge in [0.1, 0.15) is 17.3 Å². The van der Waals surface area contributed by atoms with Crippen LogP contribution in [0.2, 0.25) is 0 Å². The van der Waals surface area contributed by atoms with Gasteiger partial charge in [-0.3, -0.25) is 9.59 Å². The van der Waals surface area contributed by atoms with E-state index in [9.17, 15) is 19.1 Å². The Balaban J connectivity index is 1.37. The summed E-state index contributed by atoms with van der Waals surface area (Å²) in [7, 11) is 1.59. The van der Waals surface area contributed by atoms with Gasteiger partial charge >= 0.3 is 0 Å². The number of aromatic hydroxyl groups is 1. The maximum atomic E-state index is 14.1. The van der Waals surface area contributed by atoms with E-state index < -0.39 is 0 Å². The minimum absolute atomic E-state index is 0.0681. The second kappa shape index (κ2) is 7.67. The molecule has 2 heterocycles. The van der Waals surface area contributed by atoms with E-state index in [4.69, 9.17) is 4.74 Å². The van der Waals surface area contributed by atoms with Gasteiger partial charge in [0.2, 0.25) is 0 Å². The molecule has 5 rings (SSSR count). The van der Waals surface area contributed by atoms with Crippen molar-refractivity contribution >= 4 is 11.8 Å². The summed E-state index contributed by atoms with van der Waals surface area (Å²) in [5.74, 6) is -0.468. The van der Waals surface area contributed by atoms with Crippen LogP contribution in [-0.2, 0) is 26.2 Å². The molecule has 2 amide bonds. The molecular weight excluding hydrogens is 411 g/mol. The molecule has 0 saturated carbocycles. The summed E-state index contributed by atoms with van der Waals surface area (Å²) in [4.78, 5) is 29.4. The first-order chi connectivity index (χ1) is 15.4. The van der Waals surface area contributed by atoms with Crippen LogP contribution < -0.4 is 4.74 Å². The first-order valence-electron chi connectivity index (χ1n) is 10.3. The van der Waals surface area contributed by atoms with E-state index in [2.05, 4.69) is 0 Å². The monoisotopic (exact) mass is 432 g/mol. The Morgan fingerprint density at radius 3 is 2.41 bits per heavy atom. The zero-order valence-electron chi connectivity index (χ0n) is 17.5. The average molecular weight is 432 g/mol. The minimum Gasteiger partial charge on any atom is -0.507 e. The molecule has 7 heteroatoms. The van der Waals surface area contributed by atoms with Crippen molar-refractivity contribution in [2.24, 2.45) is 0 Å². The van der Waals surface area contributed by atoms with Gasteiger partial charge in [0, 0.05) is 37.3 Å². The molecule has 2 aliphatic heterocycles. The molecule has 0 aliphatic carbocycles. The Kier molecular flexibility index (Phi) is 4.81. The number of nitrogens with zero attached hydrogens (tertiary/aromatic N) is 2. The van der Waals surface area contributed by atoms with E-state index in [-0.39, 0.29) is 41.1 Å². The molecule has 0 bridgehead atoms. The van der Waals surface area contributed by atoms with Crippen LogP contribution in [0.15, 0.2) is 54.6 Å². The van der Waals surface area contributed by atoms with Gasteiger partial charge in [-0.1, -0.05) is 18.2 Å². The zero-order valence-corrected chi connectivity index (χ0v) is 17.5. The highest BCUT2D eigenvalue weighted by molar-refractivity contribution is 6.01. The van der Waals surface area contributed by atoms with Crippen LogP contribution in [0.4, 0.5) is 4.39 Å². The fourth-order valence-corrected chi connectivity index (χ4v) is 4.36. The van der Waals surface area contributed by atoms with Gasteiger partial charge in [0.25, 0.3) is 11.8 Å². The number of methoxy groups -OCH3 is 1. The number of halogens is 1. The van der Waals surface area contributed by atoms with Crippen molar-refractivity contribution in [1.29, 1.82) is 0 Å². The second-order valence-electron chi connectivity index (χ2n) is 8.07. The molecule has 0 atom stereocenters. The molecule has 0 spiro atoms. The molecule has 162 valence electrons. The zero-order chi connectivity index (χ0) is 22.4. The summed E-state index contributed by atoms with van der Waals surface area (Å²) in [6.07, 6.45) is 0. The quantitative estimate of drug-likeness (QED) is 0.683. The Bertz CT molecular complexity index is 1260. The highest BCUT2D eigenvalue weighted by Gasteiger charge is 2.29. The van der Waals surface area contributed by atoms with Crippen molar-refractivity contribution in [3.63, 3.8) is 0 Å². The fraction of sp³-hybridized carbons (Fsp3) is 0.200. The number of hydrogen-bond donors (Lipinski definition) is 1. The molecule has 2 aliphatic rings. The topological polar surface area (TPSA) is 70.1 Å². The summed E-state index contributed by atoms with van der Waals surface area (Å²) >= 11 is 0. The number of carbonyl (C=O) groups is 2. The predicted molar refractivity (Wildman–Crippen MR) is 115 cm³/mol. The molecule has 0 saturated heterocycles. The Morgan fingerprint density at radius 2 is 1.62 bits per heavy atom. The number of phenols is 1. The lowest BCUT2D eigenvalue weighted by atomic mass is 10.1. The average Bonchev–Trinajstić information content (AvgIpc) is 3.43. The van der Waals surface area contributed by atoms with E-state index in [0.29, 0.717) is 25.2 Å². The fourth-order valence-electron chi connectivity index (χ4n) is 4.36. The van der Waals surface area contributed by atoms with Gasteiger partial charge in [-0.15, -0.1) is 0 Å². The maximum Gasteiger partial charge on any atom is 0.258 e. The van der Waals surface area contributed by atoms with Crippen LogP contribution in [0.5, 0.6) is 11.5 Å². The van der Waals surface area contributed by atoms with Gasteiger partial charge in [0.15, 0.2) is 0 Å². The van der Waals surface area contributed by atoms with Crippen molar-refractivity contribution in [3.05, 3.63) is 93.8 Å². The molecule has 0 unspecified atom stereocenters. The van der Waals surface area contributed by atoms with Crippen LogP contribution in [0, 0.1) is 5.82 Å². The lowest BCUT2D eigenvalue weighted by molar-refractivity contribution is 0.0747. The van der Waals surface area contributed by atoms with E-state index in [1.807, 2.05) is 18.2 Å². The Hall–Kier alpha value is -3.87. The van der Waals surface area contributed by atoms with E-state index in [0.717, 1.165) is 22.4 Å². The van der Waals surface area contributed by atoms with Crippen LogP contribution in [0.3, 0.4) is 0 Å². The smallest absolute Gasteiger partial charge is 0.258 e. The highest BCUT2D eigenvalue weighted by atomic mass is 19.1. The molecule has 3 aromatic carbocycles. The van der Waals surface area contributed by atoms with Crippen molar-refractivity contribution in [2.45, 2.75) is 26.2 Å². The number of benzene rings is 3. The number of hydrogen-bond acceptors (Lipinski definition) is 4. The standard InChI is InChI=1S/C25H21FN2O4/c1-32-19-7-5-16-11-27(13-18(16)9-19)25(31)20-10-15(6-8-23(20)29)24(30)28-12-17-3-2-4-22(26)21(17)14-28/h2-10,29H,11-14H2,1H3. The summed E-state index contributed by atoms with van der Waals surface area (Å²) in [6.45, 7) is 1.29. The molecule has 3 aromatic rings. The van der Waals surface area contributed by atoms with Crippen LogP contribution in [0.1, 0.15) is 43.0 Å². The van der Waals surface area contributed by atoms with Crippen LogP contribution in [-0.4, -0.2) is 33.8 Å². The predicted octanol–water partition coefficient (Wildman–Crippen LogP) is 3.85. The first kappa shape index (κ1) is 20.1.